The first-order chi connectivity index (χ1) is 15.5. The molecule has 6 heteroatoms. The number of carbonyl (C=O) groups is 2. The minimum Gasteiger partial charge on any atom is -0.345 e. The summed E-state index contributed by atoms with van der Waals surface area (Å²) in [7, 11) is 1.66. The van der Waals surface area contributed by atoms with Gasteiger partial charge in [0, 0.05) is 13.5 Å². The fourth-order valence-corrected chi connectivity index (χ4v) is 5.72. The molecule has 2 atom stereocenters. The number of nitrogens with zero attached hydrogens (tertiary/aromatic N) is 2. The highest BCUT2D eigenvalue weighted by Gasteiger charge is 2.54. The average molecular weight is 434 g/mol. The maximum atomic E-state index is 14.3. The van der Waals surface area contributed by atoms with Crippen molar-refractivity contribution in [3.8, 4) is 0 Å². The van der Waals surface area contributed by atoms with Crippen LogP contribution in [-0.2, 0) is 21.5 Å². The van der Waals surface area contributed by atoms with E-state index in [1.807, 2.05) is 30.3 Å². The molecule has 32 heavy (non-hydrogen) atoms. The van der Waals surface area contributed by atoms with Crippen molar-refractivity contribution in [2.45, 2.75) is 56.4 Å². The SMILES string of the molecule is CN1C(=O)C2c3ccccc3CCC2(c2cccc(F)c2)N/C1=N/C(=O)CC1CCCC1. The van der Waals surface area contributed by atoms with Crippen molar-refractivity contribution in [2.75, 3.05) is 7.05 Å². The Morgan fingerprint density at radius 1 is 1.19 bits per heavy atom. The number of fused-ring (bicyclic) bond motifs is 3. The monoisotopic (exact) mass is 433 g/mol. The molecule has 2 aromatic carbocycles. The van der Waals surface area contributed by atoms with Crippen molar-refractivity contribution < 1.29 is 14.0 Å². The first-order valence-corrected chi connectivity index (χ1v) is 11.5. The highest BCUT2D eigenvalue weighted by atomic mass is 19.1. The molecule has 5 nitrogen and oxygen atoms in total. The van der Waals surface area contributed by atoms with Gasteiger partial charge in [-0.3, -0.25) is 14.5 Å². The molecule has 0 aromatic heterocycles. The molecule has 166 valence electrons. The maximum absolute atomic E-state index is 14.3. The predicted octanol–water partition coefficient (Wildman–Crippen LogP) is 4.28. The van der Waals surface area contributed by atoms with Crippen LogP contribution < -0.4 is 5.32 Å². The van der Waals surface area contributed by atoms with E-state index in [-0.39, 0.29) is 23.6 Å². The Kier molecular flexibility index (Phi) is 5.31. The third-order valence-electron chi connectivity index (χ3n) is 7.39. The Morgan fingerprint density at radius 3 is 2.75 bits per heavy atom. The van der Waals surface area contributed by atoms with E-state index in [0.717, 1.165) is 43.2 Å². The van der Waals surface area contributed by atoms with Gasteiger partial charge in [-0.1, -0.05) is 49.2 Å². The number of aryl methyl sites for hydroxylation is 1. The summed E-state index contributed by atoms with van der Waals surface area (Å²) in [5.74, 6) is -0.571. The van der Waals surface area contributed by atoms with Gasteiger partial charge in [0.1, 0.15) is 5.82 Å². The molecule has 2 amide bonds. The minimum absolute atomic E-state index is 0.132. The number of guanidine groups is 1. The van der Waals surface area contributed by atoms with E-state index >= 15 is 0 Å². The summed E-state index contributed by atoms with van der Waals surface area (Å²) in [6.45, 7) is 0. The smallest absolute Gasteiger partial charge is 0.249 e. The lowest BCUT2D eigenvalue weighted by Gasteiger charge is -2.51. The molecule has 1 saturated carbocycles. The molecule has 0 spiro atoms. The predicted molar refractivity (Wildman–Crippen MR) is 121 cm³/mol. The minimum atomic E-state index is -0.855. The van der Waals surface area contributed by atoms with Gasteiger partial charge in [-0.2, -0.15) is 4.99 Å². The summed E-state index contributed by atoms with van der Waals surface area (Å²) < 4.78 is 14.3. The average Bonchev–Trinajstić information content (AvgIpc) is 3.29. The molecule has 1 saturated heterocycles. The third-order valence-corrected chi connectivity index (χ3v) is 7.39. The quantitative estimate of drug-likeness (QED) is 0.786. The van der Waals surface area contributed by atoms with Gasteiger partial charge in [0.15, 0.2) is 0 Å². The third kappa shape index (κ3) is 3.51. The number of halogens is 1. The van der Waals surface area contributed by atoms with Crippen LogP contribution in [0.2, 0.25) is 0 Å². The Labute approximate surface area is 187 Å². The largest absolute Gasteiger partial charge is 0.345 e. The number of likely N-dealkylation sites (N-methyl/N-ethyl adjacent to an activating group) is 1. The second kappa shape index (κ2) is 8.15. The van der Waals surface area contributed by atoms with Crippen molar-refractivity contribution in [3.05, 3.63) is 71.0 Å². The van der Waals surface area contributed by atoms with E-state index in [2.05, 4.69) is 10.3 Å². The Balaban J connectivity index is 1.57. The normalized spacial score (nSPS) is 26.6. The van der Waals surface area contributed by atoms with E-state index in [0.29, 0.717) is 24.3 Å². The van der Waals surface area contributed by atoms with E-state index in [1.165, 1.54) is 17.0 Å². The topological polar surface area (TPSA) is 61.8 Å². The highest BCUT2D eigenvalue weighted by molar-refractivity contribution is 6.07. The summed E-state index contributed by atoms with van der Waals surface area (Å²) in [5, 5.41) is 3.46. The van der Waals surface area contributed by atoms with E-state index < -0.39 is 11.5 Å². The molecule has 1 N–H and O–H groups in total. The molecular weight excluding hydrogens is 405 g/mol. The molecule has 3 aliphatic rings. The standard InChI is InChI=1S/C26H28FN3O2/c1-30-24(32)23-21-12-5-4-9-18(21)13-14-26(23,19-10-6-11-20(27)16-19)29-25(30)28-22(31)15-17-7-2-3-8-17/h4-6,9-12,16-17,23H,2-3,7-8,13-15H2,1H3,(H,28,29,31). The van der Waals surface area contributed by atoms with Gasteiger partial charge in [0.05, 0.1) is 11.5 Å². The molecule has 0 radical (unpaired) electrons. The number of amides is 2. The van der Waals surface area contributed by atoms with Crippen molar-refractivity contribution in [3.63, 3.8) is 0 Å². The van der Waals surface area contributed by atoms with Crippen molar-refractivity contribution in [1.82, 2.24) is 10.2 Å². The van der Waals surface area contributed by atoms with E-state index in [9.17, 15) is 14.0 Å². The van der Waals surface area contributed by atoms with Crippen LogP contribution in [0.3, 0.4) is 0 Å². The summed E-state index contributed by atoms with van der Waals surface area (Å²) in [6, 6.07) is 14.4. The molecule has 5 rings (SSSR count). The van der Waals surface area contributed by atoms with Crippen LogP contribution in [-0.4, -0.2) is 29.7 Å². The van der Waals surface area contributed by atoms with Gasteiger partial charge >= 0.3 is 0 Å². The van der Waals surface area contributed by atoms with Gasteiger partial charge in [-0.05, 0) is 60.4 Å². The van der Waals surface area contributed by atoms with Gasteiger partial charge in [-0.25, -0.2) is 4.39 Å². The maximum Gasteiger partial charge on any atom is 0.249 e. The Morgan fingerprint density at radius 2 is 1.97 bits per heavy atom. The van der Waals surface area contributed by atoms with Crippen LogP contribution in [0, 0.1) is 11.7 Å². The number of nitrogens with one attached hydrogen (secondary N) is 1. The lowest BCUT2D eigenvalue weighted by Crippen LogP contribution is -2.65. The van der Waals surface area contributed by atoms with Crippen LogP contribution in [0.1, 0.15) is 61.1 Å². The lowest BCUT2D eigenvalue weighted by atomic mass is 9.65. The van der Waals surface area contributed by atoms with Crippen LogP contribution in [0.15, 0.2) is 53.5 Å². The Bertz CT molecular complexity index is 1090. The van der Waals surface area contributed by atoms with E-state index in [1.54, 1.807) is 13.1 Å². The molecule has 2 aliphatic carbocycles. The molecule has 1 aliphatic heterocycles. The first kappa shape index (κ1) is 20.9. The van der Waals surface area contributed by atoms with Gasteiger partial charge in [0.2, 0.25) is 17.8 Å². The highest BCUT2D eigenvalue weighted by Crippen LogP contribution is 2.48. The van der Waals surface area contributed by atoms with Crippen LogP contribution in [0.4, 0.5) is 4.39 Å². The molecular formula is C26H28FN3O2. The van der Waals surface area contributed by atoms with Gasteiger partial charge in [0.25, 0.3) is 0 Å². The zero-order chi connectivity index (χ0) is 22.3. The summed E-state index contributed by atoms with van der Waals surface area (Å²) in [6.07, 6.45) is 6.20. The number of carbonyl (C=O) groups excluding carboxylic acids is 2. The number of aliphatic imine (C=N–C) groups is 1. The zero-order valence-electron chi connectivity index (χ0n) is 18.3. The van der Waals surface area contributed by atoms with Crippen molar-refractivity contribution >= 4 is 17.8 Å². The zero-order valence-corrected chi connectivity index (χ0v) is 18.3. The fraction of sp³-hybridized carbons (Fsp3) is 0.423. The number of rotatable bonds is 3. The van der Waals surface area contributed by atoms with Gasteiger partial charge in [-0.15, -0.1) is 0 Å². The number of hydrogen-bond donors (Lipinski definition) is 1. The molecule has 2 aromatic rings. The van der Waals surface area contributed by atoms with Crippen LogP contribution >= 0.6 is 0 Å². The lowest BCUT2D eigenvalue weighted by molar-refractivity contribution is -0.132. The first-order valence-electron chi connectivity index (χ1n) is 11.5. The van der Waals surface area contributed by atoms with Gasteiger partial charge < -0.3 is 5.32 Å². The molecule has 0 bridgehead atoms. The Hall–Kier alpha value is -3.02. The van der Waals surface area contributed by atoms with Crippen LogP contribution in [0.5, 0.6) is 0 Å². The molecule has 2 unspecified atom stereocenters. The summed E-state index contributed by atoms with van der Waals surface area (Å²) in [5.41, 5.74) is 1.93. The summed E-state index contributed by atoms with van der Waals surface area (Å²) in [4.78, 5) is 32.3. The second-order valence-electron chi connectivity index (χ2n) is 9.32. The van der Waals surface area contributed by atoms with Crippen molar-refractivity contribution in [2.24, 2.45) is 10.9 Å². The van der Waals surface area contributed by atoms with Crippen LogP contribution in [0.25, 0.3) is 0 Å². The second-order valence-corrected chi connectivity index (χ2v) is 9.32. The number of hydrogen-bond acceptors (Lipinski definition) is 2. The molecule has 1 heterocycles. The van der Waals surface area contributed by atoms with Crippen molar-refractivity contribution in [1.29, 1.82) is 0 Å². The number of benzene rings is 2. The molecule has 2 fully saturated rings. The fourth-order valence-electron chi connectivity index (χ4n) is 5.72. The van der Waals surface area contributed by atoms with E-state index in [4.69, 9.17) is 0 Å². The summed E-state index contributed by atoms with van der Waals surface area (Å²) >= 11 is 0.